The number of urea groups is 1. The summed E-state index contributed by atoms with van der Waals surface area (Å²) < 4.78 is 7.10. The van der Waals surface area contributed by atoms with Crippen LogP contribution in [0.25, 0.3) is 5.69 Å². The highest BCUT2D eigenvalue weighted by Crippen LogP contribution is 2.31. The van der Waals surface area contributed by atoms with E-state index in [1.165, 1.54) is 11.8 Å². The summed E-state index contributed by atoms with van der Waals surface area (Å²) in [6, 6.07) is 17.2. The van der Waals surface area contributed by atoms with Gasteiger partial charge in [0.25, 0.3) is 0 Å². The number of halogens is 4. The predicted octanol–water partition coefficient (Wildman–Crippen LogP) is 7.50. The van der Waals surface area contributed by atoms with E-state index in [4.69, 9.17) is 51.1 Å². The lowest BCUT2D eigenvalue weighted by Gasteiger charge is -2.13. The summed E-state index contributed by atoms with van der Waals surface area (Å²) >= 11 is 26.1. The van der Waals surface area contributed by atoms with Crippen molar-refractivity contribution in [2.75, 3.05) is 12.4 Å². The van der Waals surface area contributed by atoms with Crippen molar-refractivity contribution in [2.45, 2.75) is 17.5 Å². The quantitative estimate of drug-likeness (QED) is 0.210. The van der Waals surface area contributed by atoms with Gasteiger partial charge < -0.3 is 15.4 Å². The second kappa shape index (κ2) is 12.1. The number of benzene rings is 3. The van der Waals surface area contributed by atoms with Gasteiger partial charge in [0, 0.05) is 15.8 Å². The first-order valence-electron chi connectivity index (χ1n) is 10.5. The van der Waals surface area contributed by atoms with Gasteiger partial charge in [-0.05, 0) is 54.1 Å². The summed E-state index contributed by atoms with van der Waals surface area (Å²) in [4.78, 5) is 12.5. The smallest absolute Gasteiger partial charge is 0.319 e. The zero-order valence-electron chi connectivity index (χ0n) is 18.8. The van der Waals surface area contributed by atoms with Crippen LogP contribution >= 0.6 is 58.2 Å². The number of thioether (sulfide) groups is 1. The van der Waals surface area contributed by atoms with E-state index in [2.05, 4.69) is 20.8 Å². The summed E-state index contributed by atoms with van der Waals surface area (Å²) in [5.74, 6) is 1.86. The molecule has 0 bridgehead atoms. The van der Waals surface area contributed by atoms with Gasteiger partial charge in [-0.25, -0.2) is 4.79 Å². The van der Waals surface area contributed by atoms with Crippen molar-refractivity contribution in [1.29, 1.82) is 0 Å². The Bertz CT molecular complexity index is 1400. The van der Waals surface area contributed by atoms with Gasteiger partial charge in [0.15, 0.2) is 11.0 Å². The second-order valence-electron chi connectivity index (χ2n) is 7.40. The van der Waals surface area contributed by atoms with Crippen LogP contribution in [0.4, 0.5) is 10.5 Å². The Labute approximate surface area is 232 Å². The number of ether oxygens (including phenoxy) is 1. The van der Waals surface area contributed by atoms with E-state index in [0.29, 0.717) is 48.2 Å². The van der Waals surface area contributed by atoms with E-state index in [1.54, 1.807) is 48.1 Å². The maximum Gasteiger partial charge on any atom is 0.319 e. The highest BCUT2D eigenvalue weighted by molar-refractivity contribution is 7.98. The van der Waals surface area contributed by atoms with E-state index < -0.39 is 6.03 Å². The van der Waals surface area contributed by atoms with Gasteiger partial charge in [-0.1, -0.05) is 70.3 Å². The maximum atomic E-state index is 12.5. The van der Waals surface area contributed by atoms with E-state index in [-0.39, 0.29) is 6.54 Å². The van der Waals surface area contributed by atoms with Crippen molar-refractivity contribution < 1.29 is 9.53 Å². The average molecular weight is 583 g/mol. The van der Waals surface area contributed by atoms with E-state index in [9.17, 15) is 4.79 Å². The SMILES string of the molecule is COc1cccc(CSc2nnc(CNC(=O)Nc3ccc(Cl)cc3Cl)n2-c2ccc(Cl)cc2Cl)c1. The predicted molar refractivity (Wildman–Crippen MR) is 146 cm³/mol. The largest absolute Gasteiger partial charge is 0.497 e. The molecule has 0 fully saturated rings. The summed E-state index contributed by atoms with van der Waals surface area (Å²) in [6.07, 6.45) is 0. The van der Waals surface area contributed by atoms with Gasteiger partial charge in [0.2, 0.25) is 0 Å². The minimum Gasteiger partial charge on any atom is -0.497 e. The molecule has 0 saturated carbocycles. The van der Waals surface area contributed by atoms with Crippen LogP contribution in [0.3, 0.4) is 0 Å². The third kappa shape index (κ3) is 6.57. The van der Waals surface area contributed by atoms with Crippen LogP contribution in [0.15, 0.2) is 65.8 Å². The maximum absolute atomic E-state index is 12.5. The van der Waals surface area contributed by atoms with E-state index in [0.717, 1.165) is 11.3 Å². The van der Waals surface area contributed by atoms with Crippen molar-refractivity contribution in [3.8, 4) is 11.4 Å². The monoisotopic (exact) mass is 581 g/mol. The van der Waals surface area contributed by atoms with E-state index >= 15 is 0 Å². The van der Waals surface area contributed by atoms with Crippen LogP contribution in [0, 0.1) is 0 Å². The number of carbonyl (C=O) groups excluding carboxylic acids is 1. The molecular formula is C24H19Cl4N5O2S. The lowest BCUT2D eigenvalue weighted by Crippen LogP contribution is -2.29. The molecule has 186 valence electrons. The van der Waals surface area contributed by atoms with Crippen molar-refractivity contribution in [1.82, 2.24) is 20.1 Å². The zero-order chi connectivity index (χ0) is 25.7. The van der Waals surface area contributed by atoms with Crippen LogP contribution in [0.1, 0.15) is 11.4 Å². The van der Waals surface area contributed by atoms with Crippen LogP contribution in [0.5, 0.6) is 5.75 Å². The lowest BCUT2D eigenvalue weighted by atomic mass is 10.2. The number of nitrogens with zero attached hydrogens (tertiary/aromatic N) is 3. The molecule has 0 aliphatic heterocycles. The number of nitrogens with one attached hydrogen (secondary N) is 2. The minimum atomic E-state index is -0.471. The Morgan fingerprint density at radius 2 is 1.72 bits per heavy atom. The van der Waals surface area contributed by atoms with Gasteiger partial charge in [-0.2, -0.15) is 0 Å². The fourth-order valence-electron chi connectivity index (χ4n) is 3.24. The Hall–Kier alpha value is -2.62. The zero-order valence-corrected chi connectivity index (χ0v) is 22.6. The molecule has 2 N–H and O–H groups in total. The molecule has 0 aliphatic rings. The van der Waals surface area contributed by atoms with Gasteiger partial charge in [-0.3, -0.25) is 4.57 Å². The molecular weight excluding hydrogens is 564 g/mol. The molecule has 7 nitrogen and oxygen atoms in total. The summed E-state index contributed by atoms with van der Waals surface area (Å²) in [5, 5.41) is 16.4. The molecule has 0 unspecified atom stereocenters. The van der Waals surface area contributed by atoms with Crippen molar-refractivity contribution >= 4 is 69.9 Å². The highest BCUT2D eigenvalue weighted by atomic mass is 35.5. The third-order valence-corrected chi connectivity index (χ3v) is 7.03. The van der Waals surface area contributed by atoms with Gasteiger partial charge in [0.1, 0.15) is 5.75 Å². The number of rotatable bonds is 8. The lowest BCUT2D eigenvalue weighted by molar-refractivity contribution is 0.251. The van der Waals surface area contributed by atoms with Crippen molar-refractivity contribution in [3.05, 3.63) is 92.1 Å². The molecule has 0 aliphatic carbocycles. The molecule has 1 heterocycles. The van der Waals surface area contributed by atoms with Crippen LogP contribution < -0.4 is 15.4 Å². The summed E-state index contributed by atoms with van der Waals surface area (Å²) in [5.41, 5.74) is 2.11. The molecule has 1 aromatic heterocycles. The molecule has 0 radical (unpaired) electrons. The van der Waals surface area contributed by atoms with Crippen molar-refractivity contribution in [2.24, 2.45) is 0 Å². The first-order valence-corrected chi connectivity index (χ1v) is 13.0. The van der Waals surface area contributed by atoms with Gasteiger partial charge >= 0.3 is 6.03 Å². The molecule has 4 aromatic rings. The molecule has 0 saturated heterocycles. The molecule has 36 heavy (non-hydrogen) atoms. The minimum absolute atomic E-state index is 0.0721. The van der Waals surface area contributed by atoms with Gasteiger partial charge in [0.05, 0.1) is 35.1 Å². The molecule has 4 rings (SSSR count). The molecule has 12 heteroatoms. The Balaban J connectivity index is 1.55. The Kier molecular flexibility index (Phi) is 8.87. The number of anilines is 1. The number of amides is 2. The Morgan fingerprint density at radius 1 is 0.972 bits per heavy atom. The van der Waals surface area contributed by atoms with Crippen LogP contribution in [-0.4, -0.2) is 27.9 Å². The third-order valence-electron chi connectivity index (χ3n) is 4.94. The molecule has 0 atom stereocenters. The van der Waals surface area contributed by atoms with E-state index in [1.807, 2.05) is 24.3 Å². The number of hydrogen-bond acceptors (Lipinski definition) is 5. The summed E-state index contributed by atoms with van der Waals surface area (Å²) in [6.45, 7) is 0.0721. The summed E-state index contributed by atoms with van der Waals surface area (Å²) in [7, 11) is 1.63. The topological polar surface area (TPSA) is 81.1 Å². The number of carbonyl (C=O) groups is 1. The average Bonchev–Trinajstić information content (AvgIpc) is 3.26. The molecule has 2 amide bonds. The molecule has 3 aromatic carbocycles. The first kappa shape index (κ1) is 26.4. The number of hydrogen-bond donors (Lipinski definition) is 2. The van der Waals surface area contributed by atoms with Crippen LogP contribution in [0.2, 0.25) is 20.1 Å². The van der Waals surface area contributed by atoms with Gasteiger partial charge in [-0.15, -0.1) is 10.2 Å². The van der Waals surface area contributed by atoms with Crippen molar-refractivity contribution in [3.63, 3.8) is 0 Å². The fourth-order valence-corrected chi connectivity index (χ4v) is 5.10. The second-order valence-corrected chi connectivity index (χ2v) is 10.0. The first-order chi connectivity index (χ1) is 17.3. The number of aromatic nitrogens is 3. The fraction of sp³-hybridized carbons (Fsp3) is 0.125. The highest BCUT2D eigenvalue weighted by Gasteiger charge is 2.18. The van der Waals surface area contributed by atoms with Crippen LogP contribution in [-0.2, 0) is 12.3 Å². The normalized spacial score (nSPS) is 10.8. The standard InChI is InChI=1S/C24H19Cl4N5O2S/c1-35-17-4-2-3-14(9-17)13-36-24-32-31-22(33(24)21-8-6-16(26)11-19(21)28)12-29-23(34)30-20-7-5-15(25)10-18(20)27/h2-11H,12-13H2,1H3,(H2,29,30,34). The molecule has 0 spiro atoms. The Morgan fingerprint density at radius 3 is 2.44 bits per heavy atom. The number of methoxy groups -OCH3 is 1.